The van der Waals surface area contributed by atoms with Gasteiger partial charge in [0.2, 0.25) is 0 Å². The number of para-hydroxylation sites is 2. The predicted molar refractivity (Wildman–Crippen MR) is 463 cm³/mol. The van der Waals surface area contributed by atoms with E-state index >= 15 is 0 Å². The van der Waals surface area contributed by atoms with E-state index in [0.29, 0.717) is 0 Å². The number of hydrogen-bond acceptors (Lipinski definition) is 8. The highest BCUT2D eigenvalue weighted by atomic mass is 14.7. The average Bonchev–Trinajstić information content (AvgIpc) is 0.913. The lowest BCUT2D eigenvalue weighted by molar-refractivity contribution is 1.24. The van der Waals surface area contributed by atoms with Crippen LogP contribution in [-0.4, -0.2) is 39.9 Å². The first-order chi connectivity index (χ1) is 51.0. The quantitative estimate of drug-likeness (QED) is 0.148. The fourth-order valence-corrected chi connectivity index (χ4v) is 9.96. The van der Waals surface area contributed by atoms with E-state index in [1.165, 1.54) is 104 Å². The summed E-state index contributed by atoms with van der Waals surface area (Å²) in [6, 6.07) is 76.2. The van der Waals surface area contributed by atoms with Crippen LogP contribution in [0, 0.1) is 55.4 Å². The largest absolute Gasteiger partial charge is 0.264 e. The summed E-state index contributed by atoms with van der Waals surface area (Å²) in [6.45, 7) is 48.7. The average molecular weight is 1390 g/mol. The third-order valence-corrected chi connectivity index (χ3v) is 14.8. The molecule has 0 atom stereocenters. The van der Waals surface area contributed by atoms with Crippen molar-refractivity contribution in [3.05, 3.63) is 337 Å². The Labute approximate surface area is 626 Å². The van der Waals surface area contributed by atoms with Crippen molar-refractivity contribution in [2.75, 3.05) is 0 Å². The predicted octanol–water partition coefficient (Wildman–Crippen LogP) is 28.6. The van der Waals surface area contributed by atoms with Gasteiger partial charge >= 0.3 is 0 Å². The Morgan fingerprint density at radius 3 is 1.16 bits per heavy atom. The van der Waals surface area contributed by atoms with Crippen molar-refractivity contribution in [1.29, 1.82) is 0 Å². The highest BCUT2D eigenvalue weighted by Crippen LogP contribution is 2.20. The number of benzene rings is 8. The maximum atomic E-state index is 4.28. The highest BCUT2D eigenvalue weighted by molar-refractivity contribution is 5.87. The van der Waals surface area contributed by atoms with Crippen LogP contribution in [0.4, 0.5) is 0 Å². The monoisotopic (exact) mass is 1380 g/mol. The lowest BCUT2D eigenvalue weighted by Crippen LogP contribution is -1.80. The van der Waals surface area contributed by atoms with Crippen molar-refractivity contribution < 1.29 is 0 Å². The van der Waals surface area contributed by atoms with E-state index in [2.05, 4.69) is 204 Å². The van der Waals surface area contributed by atoms with Gasteiger partial charge in [0.15, 0.2) is 0 Å². The minimum Gasteiger partial charge on any atom is -0.264 e. The van der Waals surface area contributed by atoms with Crippen molar-refractivity contribution >= 4 is 86.7 Å². The Morgan fingerprint density at radius 2 is 0.558 bits per heavy atom. The molecule has 0 bridgehead atoms. The molecule has 544 valence electrons. The van der Waals surface area contributed by atoms with Crippen LogP contribution < -0.4 is 0 Å². The van der Waals surface area contributed by atoms with Gasteiger partial charge in [0.1, 0.15) is 0 Å². The number of rotatable bonds is 0. The first-order valence-electron chi connectivity index (χ1n) is 37.4. The molecule has 0 aliphatic rings. The summed E-state index contributed by atoms with van der Waals surface area (Å²) in [5, 5.41) is 15.0. The van der Waals surface area contributed by atoms with Crippen LogP contribution in [0.3, 0.4) is 0 Å². The van der Waals surface area contributed by atoms with E-state index in [-0.39, 0.29) is 0 Å². The van der Waals surface area contributed by atoms with Crippen molar-refractivity contribution in [3.8, 4) is 0 Å². The topological polar surface area (TPSA) is 103 Å². The number of aromatic nitrogens is 8. The van der Waals surface area contributed by atoms with E-state index < -0.39 is 0 Å². The van der Waals surface area contributed by atoms with Crippen molar-refractivity contribution in [3.63, 3.8) is 0 Å². The number of aryl methyl sites for hydroxylation is 8. The molecule has 104 heavy (non-hydrogen) atoms. The van der Waals surface area contributed by atoms with E-state index in [4.69, 9.17) is 0 Å². The summed E-state index contributed by atoms with van der Waals surface area (Å²) in [5.41, 5.74) is 14.3. The van der Waals surface area contributed by atoms with Crippen LogP contribution in [0.1, 0.15) is 155 Å². The van der Waals surface area contributed by atoms with Gasteiger partial charge in [0.05, 0.1) is 22.1 Å². The standard InChI is InChI=1S/8C10H9N.8C2H6/c1-8-4-2-6-10-9(8)5-3-7-11-10;1-8-4-5-10-9(7-8)3-2-6-11-10;1-8-3-2-4-9-7-11-6-5-10(8)9;1-8-3-2-4-9-5-6-11-7-10(8)9;1-8-6-11-7-9-4-2-3-5-10(8)9;1-8-6-9-4-2-3-5-10(9)11-7-8;1-8-10-5-3-2-4-9(10)6-7-11-8;1-8-6-7-11-10-5-3-2-4-9(8)10;8*1-2/h8*2-7H,1H3;8*1-2H3. The van der Waals surface area contributed by atoms with Gasteiger partial charge < -0.3 is 0 Å². The normalized spacial score (nSPS) is 9.15. The molecule has 8 heteroatoms. The molecule has 0 saturated heterocycles. The zero-order chi connectivity index (χ0) is 77.5. The number of hydrogen-bond donors (Lipinski definition) is 0. The van der Waals surface area contributed by atoms with Crippen LogP contribution in [0.25, 0.3) is 86.7 Å². The van der Waals surface area contributed by atoms with Gasteiger partial charge in [0.25, 0.3) is 0 Å². The highest BCUT2D eigenvalue weighted by Gasteiger charge is 1.99. The minimum absolute atomic E-state index is 1.07. The second-order valence-corrected chi connectivity index (χ2v) is 21.3. The van der Waals surface area contributed by atoms with Gasteiger partial charge in [0, 0.05) is 117 Å². The molecule has 16 aromatic rings. The Hall–Kier alpha value is -11.0. The molecule has 0 aliphatic heterocycles. The second-order valence-electron chi connectivity index (χ2n) is 21.3. The summed E-state index contributed by atoms with van der Waals surface area (Å²) in [4.78, 5) is 33.4. The molecule has 8 aromatic carbocycles. The summed E-state index contributed by atoms with van der Waals surface area (Å²) >= 11 is 0. The molecule has 16 rings (SSSR count). The lowest BCUT2D eigenvalue weighted by Gasteiger charge is -1.98. The van der Waals surface area contributed by atoms with E-state index in [1.807, 2.05) is 295 Å². The Kier molecular flexibility index (Phi) is 48.8. The van der Waals surface area contributed by atoms with Gasteiger partial charge in [-0.25, -0.2) is 0 Å². The molecule has 0 N–H and O–H groups in total. The number of pyridine rings is 8. The smallest absolute Gasteiger partial charge is 0.0704 e. The molecule has 0 aliphatic carbocycles. The fourth-order valence-electron chi connectivity index (χ4n) is 9.96. The second kappa shape index (κ2) is 55.7. The van der Waals surface area contributed by atoms with E-state index in [0.717, 1.165) is 27.8 Å². The van der Waals surface area contributed by atoms with Crippen molar-refractivity contribution in [1.82, 2.24) is 39.9 Å². The molecule has 0 saturated carbocycles. The summed E-state index contributed by atoms with van der Waals surface area (Å²) in [5.74, 6) is 0. The molecule has 0 unspecified atom stereocenters. The molecule has 8 nitrogen and oxygen atoms in total. The first kappa shape index (κ1) is 91.1. The Bertz CT molecular complexity index is 4160. The van der Waals surface area contributed by atoms with Crippen LogP contribution in [0.15, 0.2) is 293 Å². The van der Waals surface area contributed by atoms with E-state index in [1.54, 1.807) is 0 Å². The fraction of sp³-hybridized carbons (Fsp3) is 0.250. The molecule has 0 fully saturated rings. The van der Waals surface area contributed by atoms with Crippen LogP contribution in [0.2, 0.25) is 0 Å². The summed E-state index contributed by atoms with van der Waals surface area (Å²) < 4.78 is 0. The van der Waals surface area contributed by atoms with Crippen LogP contribution in [0.5, 0.6) is 0 Å². The first-order valence-corrected chi connectivity index (χ1v) is 37.4. The van der Waals surface area contributed by atoms with Gasteiger partial charge in [-0.1, -0.05) is 268 Å². The molecule has 8 aromatic heterocycles. The maximum absolute atomic E-state index is 4.28. The summed E-state index contributed by atoms with van der Waals surface area (Å²) in [7, 11) is 0. The molecule has 0 spiro atoms. The summed E-state index contributed by atoms with van der Waals surface area (Å²) in [6.07, 6.45) is 20.5. The van der Waals surface area contributed by atoms with Gasteiger partial charge in [-0.05, 0) is 183 Å². The van der Waals surface area contributed by atoms with Crippen molar-refractivity contribution in [2.24, 2.45) is 0 Å². The third kappa shape index (κ3) is 30.7. The Balaban J connectivity index is 0.000000578. The molecule has 0 radical (unpaired) electrons. The van der Waals surface area contributed by atoms with Gasteiger partial charge in [-0.2, -0.15) is 0 Å². The van der Waals surface area contributed by atoms with E-state index in [9.17, 15) is 0 Å². The molecule has 0 amide bonds. The van der Waals surface area contributed by atoms with Crippen molar-refractivity contribution in [2.45, 2.75) is 166 Å². The minimum atomic E-state index is 1.07. The number of fused-ring (bicyclic) bond motifs is 8. The Morgan fingerprint density at radius 1 is 0.183 bits per heavy atom. The van der Waals surface area contributed by atoms with Crippen LogP contribution in [-0.2, 0) is 0 Å². The number of nitrogens with zero attached hydrogens (tertiary/aromatic N) is 8. The molecule has 8 heterocycles. The maximum Gasteiger partial charge on any atom is 0.0704 e. The van der Waals surface area contributed by atoms with Gasteiger partial charge in [-0.3, -0.25) is 39.9 Å². The zero-order valence-corrected chi connectivity index (χ0v) is 67.3. The zero-order valence-electron chi connectivity index (χ0n) is 67.3. The molecular formula is C96H120N8. The molecular weight excluding hydrogens is 1270 g/mol. The SMILES string of the molecule is CC.CC.CC.CC.CC.CC.CC.CC.Cc1ccc2ncccc2c1.Cc1cccc2ccncc12.Cc1cccc2cnccc12.Cc1cccc2ncccc12.Cc1ccnc2ccccc12.Cc1cnc2ccccc2c1.Cc1cncc2ccccc12.Cc1nccc2ccccc12. The lowest BCUT2D eigenvalue weighted by atomic mass is 10.1. The van der Waals surface area contributed by atoms with Crippen LogP contribution >= 0.6 is 0 Å². The van der Waals surface area contributed by atoms with Gasteiger partial charge in [-0.15, -0.1) is 0 Å². The third-order valence-electron chi connectivity index (χ3n) is 14.8.